The fourth-order valence-electron chi connectivity index (χ4n) is 4.60. The molecule has 2 aliphatic rings. The molecule has 1 aliphatic heterocycles. The lowest BCUT2D eigenvalue weighted by molar-refractivity contribution is 0.0938. The molecule has 31 heavy (non-hydrogen) atoms. The van der Waals surface area contributed by atoms with Crippen molar-refractivity contribution in [2.45, 2.75) is 57.9 Å². The highest BCUT2D eigenvalue weighted by Gasteiger charge is 2.23. The van der Waals surface area contributed by atoms with E-state index in [4.69, 9.17) is 0 Å². The third-order valence-electron chi connectivity index (χ3n) is 6.50. The first kappa shape index (κ1) is 22.1. The Labute approximate surface area is 189 Å². The van der Waals surface area contributed by atoms with Crippen molar-refractivity contribution in [2.24, 2.45) is 0 Å². The minimum atomic E-state index is 0.0105. The standard InChI is InChI=1S/C24H35N5OS/c1-4-5-8-19(14-18-15-25-20-9-6-7-17(2)22(18)20)27-23(30)21-16-26-24(31-21)29-12-10-28(3)11-13-29/h6,9,15-17,19,25H,4-5,7-8,10-14H2,1-3H3,(H,27,30)/t17?,19-/m0/s1. The van der Waals surface area contributed by atoms with Crippen molar-refractivity contribution < 1.29 is 4.79 Å². The number of fused-ring (bicyclic) bond motifs is 1. The van der Waals surface area contributed by atoms with Gasteiger partial charge in [0.05, 0.1) is 6.20 Å². The van der Waals surface area contributed by atoms with E-state index in [-0.39, 0.29) is 11.9 Å². The van der Waals surface area contributed by atoms with Crippen LogP contribution in [0, 0.1) is 0 Å². The average Bonchev–Trinajstić information content (AvgIpc) is 3.41. The molecule has 168 valence electrons. The van der Waals surface area contributed by atoms with Gasteiger partial charge in [0.15, 0.2) is 5.13 Å². The van der Waals surface area contributed by atoms with Crippen LogP contribution in [0.15, 0.2) is 18.5 Å². The Kier molecular flexibility index (Phi) is 7.13. The van der Waals surface area contributed by atoms with Crippen molar-refractivity contribution in [1.29, 1.82) is 0 Å². The number of likely N-dealkylation sites (N-methyl/N-ethyl adjacent to an activating group) is 1. The van der Waals surface area contributed by atoms with Gasteiger partial charge >= 0.3 is 0 Å². The van der Waals surface area contributed by atoms with Gasteiger partial charge in [-0.3, -0.25) is 4.79 Å². The van der Waals surface area contributed by atoms with Crippen LogP contribution in [-0.2, 0) is 6.42 Å². The molecule has 1 aliphatic carbocycles. The second kappa shape index (κ2) is 10.0. The van der Waals surface area contributed by atoms with E-state index in [0.29, 0.717) is 10.8 Å². The summed E-state index contributed by atoms with van der Waals surface area (Å²) in [6.45, 7) is 8.50. The quantitative estimate of drug-likeness (QED) is 0.642. The zero-order valence-corrected chi connectivity index (χ0v) is 19.8. The van der Waals surface area contributed by atoms with Crippen molar-refractivity contribution in [3.05, 3.63) is 40.2 Å². The van der Waals surface area contributed by atoms with Gasteiger partial charge in [-0.05, 0) is 49.4 Å². The highest BCUT2D eigenvalue weighted by molar-refractivity contribution is 7.17. The molecule has 3 heterocycles. The number of hydrogen-bond acceptors (Lipinski definition) is 5. The van der Waals surface area contributed by atoms with Gasteiger partial charge in [0, 0.05) is 44.1 Å². The molecule has 0 aromatic carbocycles. The molecule has 2 aromatic rings. The smallest absolute Gasteiger partial charge is 0.263 e. The molecular weight excluding hydrogens is 406 g/mol. The average molecular weight is 442 g/mol. The Morgan fingerprint density at radius 2 is 2.16 bits per heavy atom. The number of nitrogens with one attached hydrogen (secondary N) is 2. The number of allylic oxidation sites excluding steroid dienone is 1. The second-order valence-electron chi connectivity index (χ2n) is 8.99. The second-order valence-corrected chi connectivity index (χ2v) is 10.0. The number of thiazole rings is 1. The Bertz CT molecular complexity index is 909. The number of aromatic nitrogens is 2. The van der Waals surface area contributed by atoms with E-state index in [1.165, 1.54) is 28.2 Å². The van der Waals surface area contributed by atoms with E-state index >= 15 is 0 Å². The summed E-state index contributed by atoms with van der Waals surface area (Å²) in [5.41, 5.74) is 4.00. The van der Waals surface area contributed by atoms with Crippen molar-refractivity contribution in [3.8, 4) is 0 Å². The Morgan fingerprint density at radius 3 is 2.94 bits per heavy atom. The molecule has 2 N–H and O–H groups in total. The predicted molar refractivity (Wildman–Crippen MR) is 129 cm³/mol. The minimum absolute atomic E-state index is 0.0105. The van der Waals surface area contributed by atoms with Gasteiger partial charge in [-0.25, -0.2) is 4.98 Å². The predicted octanol–water partition coefficient (Wildman–Crippen LogP) is 4.27. The van der Waals surface area contributed by atoms with Gasteiger partial charge < -0.3 is 20.1 Å². The Morgan fingerprint density at radius 1 is 1.35 bits per heavy atom. The molecule has 0 radical (unpaired) electrons. The molecule has 1 amide bonds. The number of anilines is 1. The number of rotatable bonds is 8. The summed E-state index contributed by atoms with van der Waals surface area (Å²) >= 11 is 1.51. The number of amides is 1. The molecule has 7 heteroatoms. The van der Waals surface area contributed by atoms with E-state index < -0.39 is 0 Å². The first-order chi connectivity index (χ1) is 15.0. The lowest BCUT2D eigenvalue weighted by Gasteiger charge is -2.32. The first-order valence-corrected chi connectivity index (χ1v) is 12.4. The van der Waals surface area contributed by atoms with Gasteiger partial charge in [-0.2, -0.15) is 0 Å². The normalized spacial score (nSPS) is 20.0. The fourth-order valence-corrected chi connectivity index (χ4v) is 5.47. The maximum Gasteiger partial charge on any atom is 0.263 e. The maximum absolute atomic E-state index is 13.1. The first-order valence-electron chi connectivity index (χ1n) is 11.6. The molecule has 1 saturated heterocycles. The summed E-state index contributed by atoms with van der Waals surface area (Å²) in [4.78, 5) is 26.4. The Balaban J connectivity index is 1.43. The van der Waals surface area contributed by atoms with Crippen LogP contribution in [0.5, 0.6) is 0 Å². The van der Waals surface area contributed by atoms with E-state index in [0.717, 1.165) is 63.4 Å². The summed E-state index contributed by atoms with van der Waals surface area (Å²) in [6.07, 6.45) is 13.5. The summed E-state index contributed by atoms with van der Waals surface area (Å²) < 4.78 is 0. The molecule has 2 aromatic heterocycles. The van der Waals surface area contributed by atoms with Crippen LogP contribution in [0.4, 0.5) is 5.13 Å². The number of carbonyl (C=O) groups excluding carboxylic acids is 1. The lowest BCUT2D eigenvalue weighted by atomic mass is 9.87. The third kappa shape index (κ3) is 5.21. The molecular formula is C24H35N5OS. The van der Waals surface area contributed by atoms with E-state index in [2.05, 4.69) is 64.3 Å². The topological polar surface area (TPSA) is 64.3 Å². The highest BCUT2D eigenvalue weighted by Crippen LogP contribution is 2.33. The van der Waals surface area contributed by atoms with Gasteiger partial charge in [0.1, 0.15) is 4.88 Å². The fraction of sp³-hybridized carbons (Fsp3) is 0.583. The number of aromatic amines is 1. The molecule has 0 saturated carbocycles. The minimum Gasteiger partial charge on any atom is -0.361 e. The van der Waals surface area contributed by atoms with Gasteiger partial charge in [-0.15, -0.1) is 0 Å². The molecule has 6 nitrogen and oxygen atoms in total. The number of unbranched alkanes of at least 4 members (excludes halogenated alkanes) is 1. The van der Waals surface area contributed by atoms with Crippen LogP contribution >= 0.6 is 11.3 Å². The van der Waals surface area contributed by atoms with Crippen LogP contribution < -0.4 is 10.2 Å². The highest BCUT2D eigenvalue weighted by atomic mass is 32.1. The van der Waals surface area contributed by atoms with Gasteiger partial charge in [0.2, 0.25) is 0 Å². The van der Waals surface area contributed by atoms with Crippen LogP contribution in [0.3, 0.4) is 0 Å². The van der Waals surface area contributed by atoms with Crippen LogP contribution in [0.25, 0.3) is 6.08 Å². The van der Waals surface area contributed by atoms with Crippen molar-refractivity contribution in [3.63, 3.8) is 0 Å². The van der Waals surface area contributed by atoms with Crippen LogP contribution in [0.2, 0.25) is 0 Å². The number of piperazine rings is 1. The molecule has 4 rings (SSSR count). The molecule has 1 fully saturated rings. The number of carbonyl (C=O) groups is 1. The van der Waals surface area contributed by atoms with Crippen molar-refractivity contribution >= 4 is 28.5 Å². The van der Waals surface area contributed by atoms with E-state index in [9.17, 15) is 4.79 Å². The lowest BCUT2D eigenvalue weighted by Crippen LogP contribution is -2.44. The van der Waals surface area contributed by atoms with E-state index in [1.54, 1.807) is 6.20 Å². The molecule has 1 unspecified atom stereocenters. The summed E-state index contributed by atoms with van der Waals surface area (Å²) in [7, 11) is 2.15. The van der Waals surface area contributed by atoms with Gasteiger partial charge in [-0.1, -0.05) is 44.1 Å². The summed E-state index contributed by atoms with van der Waals surface area (Å²) in [5.74, 6) is 0.535. The zero-order chi connectivity index (χ0) is 21.8. The van der Waals surface area contributed by atoms with Crippen LogP contribution in [0.1, 0.15) is 71.9 Å². The van der Waals surface area contributed by atoms with Gasteiger partial charge in [0.25, 0.3) is 5.91 Å². The van der Waals surface area contributed by atoms with E-state index in [1.807, 2.05) is 0 Å². The van der Waals surface area contributed by atoms with Crippen LogP contribution in [-0.4, -0.2) is 60.0 Å². The number of hydrogen-bond donors (Lipinski definition) is 2. The summed E-state index contributed by atoms with van der Waals surface area (Å²) in [6, 6.07) is 0.139. The maximum atomic E-state index is 13.1. The SMILES string of the molecule is CCCC[C@@H](Cc1c[nH]c2c1C(C)CC=C2)NC(=O)c1cnc(N2CCN(C)CC2)s1. The zero-order valence-electron chi connectivity index (χ0n) is 19.0. The molecule has 2 atom stereocenters. The molecule has 0 bridgehead atoms. The molecule has 0 spiro atoms. The largest absolute Gasteiger partial charge is 0.361 e. The Hall–Kier alpha value is -2.12. The summed E-state index contributed by atoms with van der Waals surface area (Å²) in [5, 5.41) is 4.29. The van der Waals surface area contributed by atoms with Crippen molar-refractivity contribution in [2.75, 3.05) is 38.1 Å². The number of nitrogens with zero attached hydrogens (tertiary/aromatic N) is 3. The third-order valence-corrected chi connectivity index (χ3v) is 7.56. The monoisotopic (exact) mass is 441 g/mol. The van der Waals surface area contributed by atoms with Crippen molar-refractivity contribution in [1.82, 2.24) is 20.2 Å². The number of H-pyrrole nitrogens is 1.